The molecule has 2 aromatic carbocycles. The van der Waals surface area contributed by atoms with Gasteiger partial charge in [-0.3, -0.25) is 9.59 Å². The van der Waals surface area contributed by atoms with Crippen LogP contribution in [0.5, 0.6) is 11.5 Å². The lowest BCUT2D eigenvalue weighted by Crippen LogP contribution is -2.28. The fraction of sp³-hybridized carbons (Fsp3) is 0.273. The van der Waals surface area contributed by atoms with E-state index in [2.05, 4.69) is 20.8 Å². The van der Waals surface area contributed by atoms with Crippen molar-refractivity contribution in [3.63, 3.8) is 0 Å². The Hall–Kier alpha value is -3.53. The second-order valence-corrected chi connectivity index (χ2v) is 7.83. The summed E-state index contributed by atoms with van der Waals surface area (Å²) in [5.74, 6) is 1.77. The molecule has 0 aliphatic heterocycles. The molecule has 9 nitrogen and oxygen atoms in total. The number of ether oxygens (including phenoxy) is 2. The van der Waals surface area contributed by atoms with Gasteiger partial charge in [-0.05, 0) is 55.5 Å². The second-order valence-electron chi connectivity index (χ2n) is 6.89. The van der Waals surface area contributed by atoms with Crippen LogP contribution in [-0.4, -0.2) is 46.6 Å². The molecule has 0 radical (unpaired) electrons. The molecule has 0 saturated heterocycles. The number of amides is 2. The normalized spacial score (nSPS) is 11.5. The third kappa shape index (κ3) is 5.79. The molecule has 3 aromatic rings. The minimum atomic E-state index is -0.371. The van der Waals surface area contributed by atoms with Gasteiger partial charge >= 0.3 is 0 Å². The fourth-order valence-corrected chi connectivity index (χ4v) is 3.64. The van der Waals surface area contributed by atoms with Gasteiger partial charge in [0.2, 0.25) is 5.91 Å². The van der Waals surface area contributed by atoms with Crippen molar-refractivity contribution in [2.75, 3.05) is 25.3 Å². The maximum atomic E-state index is 12.5. The molecule has 0 fully saturated rings. The average Bonchev–Trinajstić information content (AvgIpc) is 3.18. The van der Waals surface area contributed by atoms with Crippen molar-refractivity contribution < 1.29 is 19.1 Å². The maximum Gasteiger partial charge on any atom is 0.251 e. The number of hydrogen-bond donors (Lipinski definition) is 2. The summed E-state index contributed by atoms with van der Waals surface area (Å²) in [4.78, 5) is 24.8. The maximum absolute atomic E-state index is 12.5. The van der Waals surface area contributed by atoms with E-state index in [1.807, 2.05) is 6.92 Å². The molecule has 1 unspecified atom stereocenters. The number of anilines is 1. The van der Waals surface area contributed by atoms with E-state index in [9.17, 15) is 9.59 Å². The molecule has 0 spiro atoms. The Bertz CT molecular complexity index is 1070. The monoisotopic (exact) mass is 455 g/mol. The standard InChI is InChI=1S/C22H25N5O4S/c1-14(23-21(29)15-5-9-17(30-3)10-6-15)20-25-26-22(27(20)2)32-13-19(28)24-16-7-11-18(31-4)12-8-16/h5-12,14H,13H2,1-4H3,(H,23,29)(H,24,28). The van der Waals surface area contributed by atoms with E-state index < -0.39 is 0 Å². The van der Waals surface area contributed by atoms with Gasteiger partial charge in [-0.2, -0.15) is 0 Å². The van der Waals surface area contributed by atoms with Crippen molar-refractivity contribution in [1.82, 2.24) is 20.1 Å². The lowest BCUT2D eigenvalue weighted by molar-refractivity contribution is -0.113. The van der Waals surface area contributed by atoms with E-state index in [0.29, 0.717) is 28.0 Å². The first-order valence-corrected chi connectivity index (χ1v) is 10.8. The Morgan fingerprint density at radius 2 is 1.59 bits per heavy atom. The van der Waals surface area contributed by atoms with E-state index in [1.54, 1.807) is 74.4 Å². The van der Waals surface area contributed by atoms with E-state index in [4.69, 9.17) is 9.47 Å². The molecule has 0 aliphatic rings. The molecule has 0 bridgehead atoms. The molecule has 1 heterocycles. The topological polar surface area (TPSA) is 107 Å². The van der Waals surface area contributed by atoms with Gasteiger partial charge < -0.3 is 24.7 Å². The molecule has 32 heavy (non-hydrogen) atoms. The largest absolute Gasteiger partial charge is 0.497 e. The minimum Gasteiger partial charge on any atom is -0.497 e. The highest BCUT2D eigenvalue weighted by Crippen LogP contribution is 2.21. The number of nitrogens with one attached hydrogen (secondary N) is 2. The van der Waals surface area contributed by atoms with E-state index in [1.165, 1.54) is 11.8 Å². The SMILES string of the molecule is COc1ccc(NC(=O)CSc2nnc(C(C)NC(=O)c3ccc(OC)cc3)n2C)cc1. The van der Waals surface area contributed by atoms with Crippen molar-refractivity contribution in [2.45, 2.75) is 18.1 Å². The van der Waals surface area contributed by atoms with E-state index in [-0.39, 0.29) is 23.6 Å². The Labute approximate surface area is 190 Å². The minimum absolute atomic E-state index is 0.162. The molecule has 1 aromatic heterocycles. The molecule has 0 aliphatic carbocycles. The van der Waals surface area contributed by atoms with Crippen LogP contribution in [0.3, 0.4) is 0 Å². The van der Waals surface area contributed by atoms with Gasteiger partial charge in [0.05, 0.1) is 26.0 Å². The van der Waals surface area contributed by atoms with Crippen LogP contribution in [-0.2, 0) is 11.8 Å². The summed E-state index contributed by atoms with van der Waals surface area (Å²) in [7, 11) is 4.96. The van der Waals surface area contributed by atoms with Crippen LogP contribution in [0.25, 0.3) is 0 Å². The third-order valence-electron chi connectivity index (χ3n) is 4.66. The van der Waals surface area contributed by atoms with Crippen LogP contribution in [0.1, 0.15) is 29.1 Å². The van der Waals surface area contributed by atoms with Crippen LogP contribution in [0.15, 0.2) is 53.7 Å². The summed E-state index contributed by atoms with van der Waals surface area (Å²) in [6, 6.07) is 13.6. The number of carbonyl (C=O) groups is 2. The number of methoxy groups -OCH3 is 2. The third-order valence-corrected chi connectivity index (χ3v) is 5.68. The molecular formula is C22H25N5O4S. The molecule has 2 amide bonds. The number of aromatic nitrogens is 3. The van der Waals surface area contributed by atoms with Crippen LogP contribution >= 0.6 is 11.8 Å². The number of hydrogen-bond acceptors (Lipinski definition) is 7. The highest BCUT2D eigenvalue weighted by Gasteiger charge is 2.19. The summed E-state index contributed by atoms with van der Waals surface area (Å²) in [6.07, 6.45) is 0. The first-order valence-electron chi connectivity index (χ1n) is 9.82. The van der Waals surface area contributed by atoms with Gasteiger partial charge in [-0.1, -0.05) is 11.8 Å². The Kier molecular flexibility index (Phi) is 7.72. The van der Waals surface area contributed by atoms with Crippen LogP contribution in [0.4, 0.5) is 5.69 Å². The van der Waals surface area contributed by atoms with Crippen LogP contribution < -0.4 is 20.1 Å². The van der Waals surface area contributed by atoms with Gasteiger partial charge in [-0.15, -0.1) is 10.2 Å². The molecule has 3 rings (SSSR count). The zero-order valence-electron chi connectivity index (χ0n) is 18.3. The fourth-order valence-electron chi connectivity index (χ4n) is 2.92. The summed E-state index contributed by atoms with van der Waals surface area (Å²) in [5, 5.41) is 14.6. The predicted molar refractivity (Wildman–Crippen MR) is 122 cm³/mol. The molecule has 2 N–H and O–H groups in total. The summed E-state index contributed by atoms with van der Waals surface area (Å²) >= 11 is 1.27. The van der Waals surface area contributed by atoms with Crippen molar-refractivity contribution >= 4 is 29.3 Å². The first kappa shape index (κ1) is 23.1. The van der Waals surface area contributed by atoms with Crippen molar-refractivity contribution in [3.8, 4) is 11.5 Å². The molecule has 1 atom stereocenters. The second kappa shape index (κ2) is 10.7. The van der Waals surface area contributed by atoms with E-state index >= 15 is 0 Å². The highest BCUT2D eigenvalue weighted by molar-refractivity contribution is 7.99. The van der Waals surface area contributed by atoms with Crippen molar-refractivity contribution in [2.24, 2.45) is 7.05 Å². The number of benzene rings is 2. The first-order chi connectivity index (χ1) is 15.4. The summed E-state index contributed by atoms with van der Waals surface area (Å²) in [5.41, 5.74) is 1.20. The van der Waals surface area contributed by atoms with Gasteiger partial charge in [-0.25, -0.2) is 0 Å². The Morgan fingerprint density at radius 3 is 2.19 bits per heavy atom. The van der Waals surface area contributed by atoms with Crippen molar-refractivity contribution in [1.29, 1.82) is 0 Å². The van der Waals surface area contributed by atoms with Crippen LogP contribution in [0, 0.1) is 0 Å². The lowest BCUT2D eigenvalue weighted by Gasteiger charge is -2.14. The number of nitrogens with zero attached hydrogens (tertiary/aromatic N) is 3. The quantitative estimate of drug-likeness (QED) is 0.478. The van der Waals surface area contributed by atoms with Gasteiger partial charge in [0.1, 0.15) is 11.5 Å². The van der Waals surface area contributed by atoms with Gasteiger partial charge in [0.15, 0.2) is 11.0 Å². The molecule has 10 heteroatoms. The Morgan fingerprint density at radius 1 is 1.00 bits per heavy atom. The molecular weight excluding hydrogens is 430 g/mol. The van der Waals surface area contributed by atoms with Gasteiger partial charge in [0, 0.05) is 18.3 Å². The number of rotatable bonds is 9. The number of thioether (sulfide) groups is 1. The molecule has 168 valence electrons. The highest BCUT2D eigenvalue weighted by atomic mass is 32.2. The predicted octanol–water partition coefficient (Wildman–Crippen LogP) is 3.05. The summed E-state index contributed by atoms with van der Waals surface area (Å²) in [6.45, 7) is 1.83. The molecule has 0 saturated carbocycles. The van der Waals surface area contributed by atoms with E-state index in [0.717, 1.165) is 5.75 Å². The van der Waals surface area contributed by atoms with Gasteiger partial charge in [0.25, 0.3) is 5.91 Å². The zero-order chi connectivity index (χ0) is 23.1. The zero-order valence-corrected chi connectivity index (χ0v) is 19.1. The average molecular weight is 456 g/mol. The lowest BCUT2D eigenvalue weighted by atomic mass is 10.2. The van der Waals surface area contributed by atoms with Crippen LogP contribution in [0.2, 0.25) is 0 Å². The smallest absolute Gasteiger partial charge is 0.251 e. The summed E-state index contributed by atoms with van der Waals surface area (Å²) < 4.78 is 12.0. The Balaban J connectivity index is 1.55. The van der Waals surface area contributed by atoms with Crippen molar-refractivity contribution in [3.05, 3.63) is 59.9 Å². The number of carbonyl (C=O) groups excluding carboxylic acids is 2.